The molecule has 0 aliphatic rings. The summed E-state index contributed by atoms with van der Waals surface area (Å²) in [7, 11) is 1.71. The first-order chi connectivity index (χ1) is 10.6. The number of aryl methyl sites for hydroxylation is 2. The molecule has 0 aliphatic heterocycles. The van der Waals surface area contributed by atoms with Crippen molar-refractivity contribution in [3.8, 4) is 11.4 Å². The molecule has 2 heterocycles. The van der Waals surface area contributed by atoms with Gasteiger partial charge in [0.1, 0.15) is 11.6 Å². The Morgan fingerprint density at radius 1 is 1.27 bits per heavy atom. The lowest BCUT2D eigenvalue weighted by Crippen LogP contribution is -2.18. The number of hydrogen-bond acceptors (Lipinski definition) is 2. The highest BCUT2D eigenvalue weighted by molar-refractivity contribution is 5.55. The molecule has 0 radical (unpaired) electrons. The molecule has 112 valence electrons. The summed E-state index contributed by atoms with van der Waals surface area (Å²) in [6, 6.07) is 8.49. The predicted octanol–water partition coefficient (Wildman–Crippen LogP) is 2.74. The fraction of sp³-hybridized carbons (Fsp3) is 0.176. The molecule has 4 nitrogen and oxygen atoms in total. The third-order valence-electron chi connectivity index (χ3n) is 3.63. The third-order valence-corrected chi connectivity index (χ3v) is 3.63. The largest absolute Gasteiger partial charge is 0.326 e. The molecule has 0 amide bonds. The Morgan fingerprint density at radius 3 is 2.77 bits per heavy atom. The van der Waals surface area contributed by atoms with E-state index >= 15 is 0 Å². The SMILES string of the molecule is Cc1cc(-c2nccn2Cc2ccccc2F)cn(C)c1=O. The van der Waals surface area contributed by atoms with Gasteiger partial charge in [-0.2, -0.15) is 0 Å². The van der Waals surface area contributed by atoms with Crippen LogP contribution in [0.4, 0.5) is 4.39 Å². The molecule has 1 aromatic carbocycles. The van der Waals surface area contributed by atoms with Gasteiger partial charge in [0.2, 0.25) is 0 Å². The molecule has 0 saturated carbocycles. The molecule has 2 aromatic heterocycles. The summed E-state index contributed by atoms with van der Waals surface area (Å²) in [5.41, 5.74) is 2.06. The molecule has 0 aliphatic carbocycles. The summed E-state index contributed by atoms with van der Waals surface area (Å²) in [5.74, 6) is 0.473. The zero-order valence-corrected chi connectivity index (χ0v) is 12.5. The van der Waals surface area contributed by atoms with Gasteiger partial charge in [-0.25, -0.2) is 9.37 Å². The highest BCUT2D eigenvalue weighted by Gasteiger charge is 2.10. The molecule has 3 aromatic rings. The fourth-order valence-corrected chi connectivity index (χ4v) is 2.51. The van der Waals surface area contributed by atoms with E-state index in [9.17, 15) is 9.18 Å². The average Bonchev–Trinajstić information content (AvgIpc) is 2.95. The van der Waals surface area contributed by atoms with Crippen LogP contribution in [0.1, 0.15) is 11.1 Å². The summed E-state index contributed by atoms with van der Waals surface area (Å²) in [6.07, 6.45) is 5.23. The van der Waals surface area contributed by atoms with E-state index in [1.807, 2.05) is 22.9 Å². The Kier molecular flexibility index (Phi) is 3.63. The first-order valence-corrected chi connectivity index (χ1v) is 6.98. The Morgan fingerprint density at radius 2 is 2.05 bits per heavy atom. The van der Waals surface area contributed by atoms with Gasteiger partial charge < -0.3 is 9.13 Å². The molecule has 0 spiro atoms. The van der Waals surface area contributed by atoms with Crippen molar-refractivity contribution in [1.29, 1.82) is 0 Å². The third kappa shape index (κ3) is 2.57. The van der Waals surface area contributed by atoms with Gasteiger partial charge in [-0.3, -0.25) is 4.79 Å². The van der Waals surface area contributed by atoms with Crippen LogP contribution in [0.3, 0.4) is 0 Å². The number of halogens is 1. The lowest BCUT2D eigenvalue weighted by molar-refractivity contribution is 0.600. The van der Waals surface area contributed by atoms with E-state index in [1.54, 1.807) is 38.5 Å². The maximum atomic E-state index is 13.8. The summed E-state index contributed by atoms with van der Waals surface area (Å²) in [4.78, 5) is 16.1. The van der Waals surface area contributed by atoms with Crippen molar-refractivity contribution >= 4 is 0 Å². The zero-order valence-electron chi connectivity index (χ0n) is 12.5. The molecule has 0 saturated heterocycles. The standard InChI is InChI=1S/C17H16FN3O/c1-12-9-14(10-20(2)17(12)22)16-19-7-8-21(16)11-13-5-3-4-6-15(13)18/h3-10H,11H2,1-2H3. The normalized spacial score (nSPS) is 10.9. The summed E-state index contributed by atoms with van der Waals surface area (Å²) >= 11 is 0. The maximum Gasteiger partial charge on any atom is 0.253 e. The second-order valence-electron chi connectivity index (χ2n) is 5.30. The smallest absolute Gasteiger partial charge is 0.253 e. The van der Waals surface area contributed by atoms with Crippen molar-refractivity contribution in [3.63, 3.8) is 0 Å². The first kappa shape index (κ1) is 14.3. The van der Waals surface area contributed by atoms with Crippen LogP contribution in [0.25, 0.3) is 11.4 Å². The van der Waals surface area contributed by atoms with Gasteiger partial charge in [-0.15, -0.1) is 0 Å². The van der Waals surface area contributed by atoms with Crippen molar-refractivity contribution in [1.82, 2.24) is 14.1 Å². The predicted molar refractivity (Wildman–Crippen MR) is 83.1 cm³/mol. The molecular formula is C17H16FN3O. The lowest BCUT2D eigenvalue weighted by Gasteiger charge is -2.10. The van der Waals surface area contributed by atoms with Crippen LogP contribution in [0, 0.1) is 12.7 Å². The Hall–Kier alpha value is -2.69. The van der Waals surface area contributed by atoms with Gasteiger partial charge in [0, 0.05) is 42.3 Å². The van der Waals surface area contributed by atoms with Crippen LogP contribution in [0.15, 0.2) is 53.7 Å². The Labute approximate surface area is 127 Å². The topological polar surface area (TPSA) is 39.8 Å². The van der Waals surface area contributed by atoms with Crippen molar-refractivity contribution in [2.24, 2.45) is 7.05 Å². The lowest BCUT2D eigenvalue weighted by atomic mass is 10.2. The quantitative estimate of drug-likeness (QED) is 0.746. The second kappa shape index (κ2) is 5.60. The average molecular weight is 297 g/mol. The monoisotopic (exact) mass is 297 g/mol. The number of aromatic nitrogens is 3. The van der Waals surface area contributed by atoms with Gasteiger partial charge >= 0.3 is 0 Å². The van der Waals surface area contributed by atoms with E-state index in [2.05, 4.69) is 4.98 Å². The van der Waals surface area contributed by atoms with Crippen LogP contribution in [-0.4, -0.2) is 14.1 Å². The van der Waals surface area contributed by atoms with E-state index in [-0.39, 0.29) is 11.4 Å². The minimum absolute atomic E-state index is 0.0315. The molecule has 0 atom stereocenters. The molecule has 3 rings (SSSR count). The van der Waals surface area contributed by atoms with Crippen molar-refractivity contribution in [2.75, 3.05) is 0 Å². The van der Waals surface area contributed by atoms with Crippen molar-refractivity contribution in [3.05, 3.63) is 76.2 Å². The zero-order chi connectivity index (χ0) is 15.7. The van der Waals surface area contributed by atoms with Crippen LogP contribution < -0.4 is 5.56 Å². The van der Waals surface area contributed by atoms with Gasteiger partial charge in [-0.1, -0.05) is 18.2 Å². The summed E-state index contributed by atoms with van der Waals surface area (Å²) < 4.78 is 17.2. The highest BCUT2D eigenvalue weighted by Crippen LogP contribution is 2.19. The number of rotatable bonds is 3. The summed E-state index contributed by atoms with van der Waals surface area (Å²) in [6.45, 7) is 2.17. The Bertz CT molecular complexity index is 853. The van der Waals surface area contributed by atoms with E-state index in [1.165, 1.54) is 10.6 Å². The molecule has 22 heavy (non-hydrogen) atoms. The molecule has 0 N–H and O–H groups in total. The van der Waals surface area contributed by atoms with Gasteiger partial charge in [0.05, 0.1) is 6.54 Å². The van der Waals surface area contributed by atoms with E-state index in [0.717, 1.165) is 5.56 Å². The van der Waals surface area contributed by atoms with Gasteiger partial charge in [-0.05, 0) is 19.1 Å². The van der Waals surface area contributed by atoms with Gasteiger partial charge in [0.15, 0.2) is 0 Å². The first-order valence-electron chi connectivity index (χ1n) is 6.98. The highest BCUT2D eigenvalue weighted by atomic mass is 19.1. The van der Waals surface area contributed by atoms with Crippen LogP contribution in [-0.2, 0) is 13.6 Å². The van der Waals surface area contributed by atoms with E-state index < -0.39 is 0 Å². The number of benzene rings is 1. The molecule has 5 heteroatoms. The molecule has 0 bridgehead atoms. The van der Waals surface area contributed by atoms with Crippen LogP contribution in [0.5, 0.6) is 0 Å². The Balaban J connectivity index is 2.03. The van der Waals surface area contributed by atoms with E-state index in [0.29, 0.717) is 23.5 Å². The van der Waals surface area contributed by atoms with Crippen molar-refractivity contribution in [2.45, 2.75) is 13.5 Å². The van der Waals surface area contributed by atoms with Crippen LogP contribution in [0.2, 0.25) is 0 Å². The maximum absolute atomic E-state index is 13.8. The summed E-state index contributed by atoms with van der Waals surface area (Å²) in [5, 5.41) is 0. The molecule has 0 unspecified atom stereocenters. The number of pyridine rings is 1. The second-order valence-corrected chi connectivity index (χ2v) is 5.30. The number of nitrogens with zero attached hydrogens (tertiary/aromatic N) is 3. The number of imidazole rings is 1. The molecular weight excluding hydrogens is 281 g/mol. The van der Waals surface area contributed by atoms with Crippen molar-refractivity contribution < 1.29 is 4.39 Å². The molecule has 0 fully saturated rings. The minimum Gasteiger partial charge on any atom is -0.326 e. The van der Waals surface area contributed by atoms with E-state index in [4.69, 9.17) is 0 Å². The fourth-order valence-electron chi connectivity index (χ4n) is 2.51. The minimum atomic E-state index is -0.237. The number of hydrogen-bond donors (Lipinski definition) is 0. The van der Waals surface area contributed by atoms with Crippen LogP contribution >= 0.6 is 0 Å². The van der Waals surface area contributed by atoms with Gasteiger partial charge in [0.25, 0.3) is 5.56 Å².